The smallest absolute Gasteiger partial charge is 0.306 e. The van der Waals surface area contributed by atoms with E-state index in [-0.39, 0.29) is 24.7 Å². The second-order valence-corrected chi connectivity index (χ2v) is 5.47. The summed E-state index contributed by atoms with van der Waals surface area (Å²) in [4.78, 5) is 22.7. The Balaban J connectivity index is 2.14. The Kier molecular flexibility index (Phi) is 3.94. The fourth-order valence-electron chi connectivity index (χ4n) is 1.41. The summed E-state index contributed by atoms with van der Waals surface area (Å²) in [5.74, 6) is 0.220. The van der Waals surface area contributed by atoms with E-state index in [1.165, 1.54) is 0 Å². The van der Waals surface area contributed by atoms with E-state index in [4.69, 9.17) is 4.74 Å². The highest BCUT2D eigenvalue weighted by molar-refractivity contribution is 5.81. The van der Waals surface area contributed by atoms with Gasteiger partial charge in [-0.3, -0.25) is 9.59 Å². The zero-order chi connectivity index (χ0) is 12.3. The molecule has 1 fully saturated rings. The quantitative estimate of drug-likeness (QED) is 0.743. The minimum Gasteiger partial charge on any atom is -0.460 e. The average molecular weight is 227 g/mol. The highest BCUT2D eigenvalue weighted by Gasteiger charge is 2.33. The van der Waals surface area contributed by atoms with E-state index < -0.39 is 5.60 Å². The van der Waals surface area contributed by atoms with Crippen molar-refractivity contribution in [1.29, 1.82) is 0 Å². The van der Waals surface area contributed by atoms with Crippen LogP contribution in [-0.4, -0.2) is 23.5 Å². The molecule has 1 amide bonds. The van der Waals surface area contributed by atoms with Crippen molar-refractivity contribution in [1.82, 2.24) is 5.32 Å². The molecule has 92 valence electrons. The number of esters is 1. The van der Waals surface area contributed by atoms with E-state index in [1.807, 2.05) is 20.8 Å². The average Bonchev–Trinajstić information content (AvgIpc) is 2.75. The summed E-state index contributed by atoms with van der Waals surface area (Å²) in [5.41, 5.74) is -0.474. The van der Waals surface area contributed by atoms with Crippen molar-refractivity contribution in [3.8, 4) is 0 Å². The standard InChI is InChI=1S/C12H21NO3/c1-8-7-9(8)13-10(14)5-6-11(15)16-12(2,3)4/h8-9H,5-7H2,1-4H3,(H,13,14). The maximum absolute atomic E-state index is 11.4. The van der Waals surface area contributed by atoms with Crippen LogP contribution in [0.15, 0.2) is 0 Å². The molecule has 0 heterocycles. The Morgan fingerprint density at radius 2 is 1.88 bits per heavy atom. The molecule has 0 aromatic heterocycles. The molecule has 1 aliphatic carbocycles. The lowest BCUT2D eigenvalue weighted by Crippen LogP contribution is -2.28. The number of amides is 1. The lowest BCUT2D eigenvalue weighted by atomic mass is 10.2. The third kappa shape index (κ3) is 5.14. The summed E-state index contributed by atoms with van der Waals surface area (Å²) in [6.45, 7) is 7.54. The van der Waals surface area contributed by atoms with Crippen LogP contribution in [0.1, 0.15) is 47.0 Å². The van der Waals surface area contributed by atoms with Gasteiger partial charge in [0, 0.05) is 12.5 Å². The van der Waals surface area contributed by atoms with Gasteiger partial charge in [-0.1, -0.05) is 6.92 Å². The maximum Gasteiger partial charge on any atom is 0.306 e. The molecule has 2 atom stereocenters. The van der Waals surface area contributed by atoms with E-state index in [0.29, 0.717) is 12.0 Å². The summed E-state index contributed by atoms with van der Waals surface area (Å²) in [6, 6.07) is 0.325. The number of ether oxygens (including phenoxy) is 1. The zero-order valence-electron chi connectivity index (χ0n) is 10.5. The predicted molar refractivity (Wildman–Crippen MR) is 60.8 cm³/mol. The summed E-state index contributed by atoms with van der Waals surface area (Å²) < 4.78 is 5.11. The lowest BCUT2D eigenvalue weighted by molar-refractivity contribution is -0.155. The lowest BCUT2D eigenvalue weighted by Gasteiger charge is -2.19. The molecule has 0 aromatic rings. The van der Waals surface area contributed by atoms with Crippen LogP contribution >= 0.6 is 0 Å². The molecule has 1 rings (SSSR count). The molecule has 0 aliphatic heterocycles. The molecule has 0 bridgehead atoms. The van der Waals surface area contributed by atoms with Crippen LogP contribution < -0.4 is 5.32 Å². The van der Waals surface area contributed by atoms with E-state index in [9.17, 15) is 9.59 Å². The fraction of sp³-hybridized carbons (Fsp3) is 0.833. The maximum atomic E-state index is 11.4. The van der Waals surface area contributed by atoms with Gasteiger partial charge in [0.05, 0.1) is 6.42 Å². The minimum atomic E-state index is -0.474. The molecule has 0 aromatic carbocycles. The van der Waals surface area contributed by atoms with Gasteiger partial charge < -0.3 is 10.1 Å². The Bertz CT molecular complexity index is 280. The molecule has 2 unspecified atom stereocenters. The summed E-state index contributed by atoms with van der Waals surface area (Å²) in [6.07, 6.45) is 1.43. The van der Waals surface area contributed by atoms with Crippen molar-refractivity contribution >= 4 is 11.9 Å². The number of hydrogen-bond donors (Lipinski definition) is 1. The number of carbonyl (C=O) groups is 2. The first kappa shape index (κ1) is 13.0. The zero-order valence-corrected chi connectivity index (χ0v) is 10.5. The fourth-order valence-corrected chi connectivity index (χ4v) is 1.41. The van der Waals surface area contributed by atoms with Crippen LogP contribution in [0.4, 0.5) is 0 Å². The van der Waals surface area contributed by atoms with Crippen molar-refractivity contribution < 1.29 is 14.3 Å². The van der Waals surface area contributed by atoms with E-state index in [1.54, 1.807) is 0 Å². The number of carbonyl (C=O) groups excluding carboxylic acids is 2. The summed E-state index contributed by atoms with van der Waals surface area (Å²) in [7, 11) is 0. The van der Waals surface area contributed by atoms with Gasteiger partial charge in [-0.2, -0.15) is 0 Å². The number of hydrogen-bond acceptors (Lipinski definition) is 3. The van der Waals surface area contributed by atoms with Crippen LogP contribution in [-0.2, 0) is 14.3 Å². The van der Waals surface area contributed by atoms with Gasteiger partial charge >= 0.3 is 5.97 Å². The highest BCUT2D eigenvalue weighted by atomic mass is 16.6. The molecule has 4 nitrogen and oxygen atoms in total. The summed E-state index contributed by atoms with van der Waals surface area (Å²) >= 11 is 0. The molecule has 0 radical (unpaired) electrons. The van der Waals surface area contributed by atoms with Gasteiger partial charge in [0.2, 0.25) is 5.91 Å². The van der Waals surface area contributed by atoms with Gasteiger partial charge in [0.25, 0.3) is 0 Å². The molecule has 1 N–H and O–H groups in total. The van der Waals surface area contributed by atoms with Gasteiger partial charge in [-0.15, -0.1) is 0 Å². The van der Waals surface area contributed by atoms with Crippen molar-refractivity contribution in [2.45, 2.75) is 58.6 Å². The normalized spacial score (nSPS) is 23.8. The molecule has 4 heteroatoms. The number of rotatable bonds is 4. The van der Waals surface area contributed by atoms with Crippen LogP contribution in [0.5, 0.6) is 0 Å². The third-order valence-electron chi connectivity index (χ3n) is 2.43. The Labute approximate surface area is 96.7 Å². The molecule has 0 saturated heterocycles. The molecule has 1 saturated carbocycles. The SMILES string of the molecule is CC1CC1NC(=O)CCC(=O)OC(C)(C)C. The van der Waals surface area contributed by atoms with Crippen LogP contribution in [0, 0.1) is 5.92 Å². The first-order valence-electron chi connectivity index (χ1n) is 5.79. The first-order chi connectivity index (χ1) is 7.28. The second-order valence-electron chi connectivity index (χ2n) is 5.47. The minimum absolute atomic E-state index is 0.0554. The van der Waals surface area contributed by atoms with E-state index >= 15 is 0 Å². The monoisotopic (exact) mass is 227 g/mol. The Morgan fingerprint density at radius 1 is 1.31 bits per heavy atom. The molecular weight excluding hydrogens is 206 g/mol. The highest BCUT2D eigenvalue weighted by Crippen LogP contribution is 2.28. The van der Waals surface area contributed by atoms with Crippen molar-refractivity contribution in [3.05, 3.63) is 0 Å². The van der Waals surface area contributed by atoms with Crippen LogP contribution in [0.3, 0.4) is 0 Å². The predicted octanol–water partition coefficient (Wildman–Crippen LogP) is 1.63. The molecule has 16 heavy (non-hydrogen) atoms. The first-order valence-corrected chi connectivity index (χ1v) is 5.79. The van der Waals surface area contributed by atoms with Gasteiger partial charge in [-0.05, 0) is 33.1 Å². The number of nitrogens with one attached hydrogen (secondary N) is 1. The van der Waals surface area contributed by atoms with Gasteiger partial charge in [0.15, 0.2) is 0 Å². The second kappa shape index (κ2) is 4.85. The Morgan fingerprint density at radius 3 is 2.31 bits per heavy atom. The molecule has 0 spiro atoms. The molecular formula is C12H21NO3. The van der Waals surface area contributed by atoms with E-state index in [2.05, 4.69) is 12.2 Å². The molecule has 1 aliphatic rings. The Hall–Kier alpha value is -1.06. The topological polar surface area (TPSA) is 55.4 Å². The van der Waals surface area contributed by atoms with Gasteiger partial charge in [-0.25, -0.2) is 0 Å². The van der Waals surface area contributed by atoms with E-state index in [0.717, 1.165) is 6.42 Å². The summed E-state index contributed by atoms with van der Waals surface area (Å²) in [5, 5.41) is 2.88. The largest absolute Gasteiger partial charge is 0.460 e. The van der Waals surface area contributed by atoms with Gasteiger partial charge in [0.1, 0.15) is 5.60 Å². The van der Waals surface area contributed by atoms with Crippen molar-refractivity contribution in [2.75, 3.05) is 0 Å². The van der Waals surface area contributed by atoms with Crippen molar-refractivity contribution in [3.63, 3.8) is 0 Å². The van der Waals surface area contributed by atoms with Crippen LogP contribution in [0.25, 0.3) is 0 Å². The van der Waals surface area contributed by atoms with Crippen molar-refractivity contribution in [2.24, 2.45) is 5.92 Å². The third-order valence-corrected chi connectivity index (χ3v) is 2.43. The van der Waals surface area contributed by atoms with Crippen LogP contribution in [0.2, 0.25) is 0 Å².